The fourth-order valence-corrected chi connectivity index (χ4v) is 3.27. The number of piperidine rings is 1. The number of nitrogens with one attached hydrogen (secondary N) is 1. The van der Waals surface area contributed by atoms with Gasteiger partial charge in [0.25, 0.3) is 0 Å². The van der Waals surface area contributed by atoms with E-state index in [2.05, 4.69) is 4.98 Å². The summed E-state index contributed by atoms with van der Waals surface area (Å²) < 4.78 is 6.75. The van der Waals surface area contributed by atoms with Crippen molar-refractivity contribution in [2.24, 2.45) is 5.73 Å². The number of hydrogen-bond donors (Lipinski definition) is 2. The molecule has 3 N–H and O–H groups in total. The minimum absolute atomic E-state index is 0. The molecule has 1 aliphatic rings. The third-order valence-electron chi connectivity index (χ3n) is 4.43. The van der Waals surface area contributed by atoms with Crippen LogP contribution >= 0.6 is 12.4 Å². The summed E-state index contributed by atoms with van der Waals surface area (Å²) in [5.41, 5.74) is 7.48. The largest absolute Gasteiger partial charge is 0.383 e. The van der Waals surface area contributed by atoms with Gasteiger partial charge in [0, 0.05) is 26.2 Å². The van der Waals surface area contributed by atoms with Gasteiger partial charge in [-0.2, -0.15) is 0 Å². The number of H-pyrrole nitrogens is 1. The smallest absolute Gasteiger partial charge is 0.326 e. The first kappa shape index (κ1) is 18.5. The molecule has 0 radical (unpaired) electrons. The molecule has 7 nitrogen and oxygen atoms in total. The molecule has 0 saturated carbocycles. The molecule has 2 heterocycles. The van der Waals surface area contributed by atoms with E-state index in [0.29, 0.717) is 13.1 Å². The van der Waals surface area contributed by atoms with Gasteiger partial charge in [0.2, 0.25) is 5.91 Å². The number of nitrogens with zero attached hydrogens (tertiary/aromatic N) is 2. The standard InChI is InChI=1S/C16H22N4O3.ClH/c1-23-10-12(17)15(21)19-8-6-11(7-9-19)20-14-5-3-2-4-13(14)18-16(20)22;/h2-5,11-12H,6-10,17H2,1H3,(H,18,22);1H. The summed E-state index contributed by atoms with van der Waals surface area (Å²) in [6, 6.07) is 7.15. The second-order valence-electron chi connectivity index (χ2n) is 5.94. The number of amides is 1. The number of ether oxygens (including phenoxy) is 1. The minimum Gasteiger partial charge on any atom is -0.383 e. The Labute approximate surface area is 146 Å². The third-order valence-corrected chi connectivity index (χ3v) is 4.43. The number of imidazole rings is 1. The van der Waals surface area contributed by atoms with Crippen molar-refractivity contribution in [3.8, 4) is 0 Å². The highest BCUT2D eigenvalue weighted by Crippen LogP contribution is 2.25. The van der Waals surface area contributed by atoms with Crippen LogP contribution in [0.3, 0.4) is 0 Å². The van der Waals surface area contributed by atoms with Crippen molar-refractivity contribution < 1.29 is 9.53 Å². The summed E-state index contributed by atoms with van der Waals surface area (Å²) in [6.45, 7) is 1.43. The van der Waals surface area contributed by atoms with Crippen LogP contribution in [0, 0.1) is 0 Å². The lowest BCUT2D eigenvalue weighted by Crippen LogP contribution is -2.49. The Kier molecular flexibility index (Phi) is 6.04. The van der Waals surface area contributed by atoms with Gasteiger partial charge >= 0.3 is 5.69 Å². The van der Waals surface area contributed by atoms with Gasteiger partial charge in [-0.15, -0.1) is 12.4 Å². The summed E-state index contributed by atoms with van der Waals surface area (Å²) in [5.74, 6) is -0.0865. The van der Waals surface area contributed by atoms with Gasteiger partial charge in [0.1, 0.15) is 6.04 Å². The normalized spacial score (nSPS) is 16.8. The van der Waals surface area contributed by atoms with Crippen molar-refractivity contribution in [2.75, 3.05) is 26.8 Å². The van der Waals surface area contributed by atoms with E-state index in [4.69, 9.17) is 10.5 Å². The highest BCUT2D eigenvalue weighted by Gasteiger charge is 2.28. The average Bonchev–Trinajstić information content (AvgIpc) is 2.90. The number of carbonyl (C=O) groups is 1. The lowest BCUT2D eigenvalue weighted by atomic mass is 10.0. The molecule has 1 aliphatic heterocycles. The number of aromatic nitrogens is 2. The predicted molar refractivity (Wildman–Crippen MR) is 94.5 cm³/mol. The summed E-state index contributed by atoms with van der Waals surface area (Å²) in [5, 5.41) is 0. The number of benzene rings is 1. The Balaban J connectivity index is 0.00000208. The Bertz CT molecular complexity index is 749. The minimum atomic E-state index is -0.618. The molecule has 8 heteroatoms. The molecular formula is C16H23ClN4O3. The lowest BCUT2D eigenvalue weighted by molar-refractivity contribution is -0.135. The maximum atomic E-state index is 12.2. The van der Waals surface area contributed by atoms with E-state index in [1.165, 1.54) is 7.11 Å². The molecule has 1 aromatic carbocycles. The van der Waals surface area contributed by atoms with E-state index in [-0.39, 0.29) is 36.7 Å². The number of carbonyl (C=O) groups excluding carboxylic acids is 1. The van der Waals surface area contributed by atoms with Gasteiger partial charge in [-0.1, -0.05) is 12.1 Å². The van der Waals surface area contributed by atoms with Crippen LogP contribution in [0.1, 0.15) is 18.9 Å². The zero-order valence-corrected chi connectivity index (χ0v) is 14.4. The maximum Gasteiger partial charge on any atom is 0.326 e. The highest BCUT2D eigenvalue weighted by atomic mass is 35.5. The molecule has 3 rings (SSSR count). The van der Waals surface area contributed by atoms with Gasteiger partial charge < -0.3 is 20.4 Å². The van der Waals surface area contributed by atoms with Gasteiger partial charge in [-0.3, -0.25) is 9.36 Å². The van der Waals surface area contributed by atoms with E-state index in [0.717, 1.165) is 23.9 Å². The molecule has 1 atom stereocenters. The van der Waals surface area contributed by atoms with E-state index in [1.54, 1.807) is 4.90 Å². The fourth-order valence-electron chi connectivity index (χ4n) is 3.27. The van der Waals surface area contributed by atoms with Crippen molar-refractivity contribution in [1.29, 1.82) is 0 Å². The van der Waals surface area contributed by atoms with Crippen LogP contribution in [0.5, 0.6) is 0 Å². The van der Waals surface area contributed by atoms with Crippen molar-refractivity contribution in [3.63, 3.8) is 0 Å². The molecule has 1 unspecified atom stereocenters. The summed E-state index contributed by atoms with van der Waals surface area (Å²) >= 11 is 0. The maximum absolute atomic E-state index is 12.2. The Hall–Kier alpha value is -1.83. The molecule has 1 fully saturated rings. The van der Waals surface area contributed by atoms with Crippen LogP contribution in [0.25, 0.3) is 11.0 Å². The van der Waals surface area contributed by atoms with Crippen LogP contribution < -0.4 is 11.4 Å². The first-order chi connectivity index (χ1) is 11.1. The molecule has 2 aromatic rings. The van der Waals surface area contributed by atoms with E-state index in [1.807, 2.05) is 28.8 Å². The van der Waals surface area contributed by atoms with E-state index in [9.17, 15) is 9.59 Å². The quantitative estimate of drug-likeness (QED) is 0.852. The molecule has 1 aromatic heterocycles. The van der Waals surface area contributed by atoms with Gasteiger partial charge in [-0.05, 0) is 25.0 Å². The van der Waals surface area contributed by atoms with Gasteiger partial charge in [0.05, 0.1) is 17.6 Å². The highest BCUT2D eigenvalue weighted by molar-refractivity contribution is 5.85. The van der Waals surface area contributed by atoms with E-state index < -0.39 is 6.04 Å². The van der Waals surface area contributed by atoms with Crippen LogP contribution in [0.4, 0.5) is 0 Å². The topological polar surface area (TPSA) is 93.3 Å². The molecule has 1 amide bonds. The number of likely N-dealkylation sites (tertiary alicyclic amines) is 1. The number of fused-ring (bicyclic) bond motifs is 1. The average molecular weight is 355 g/mol. The number of rotatable bonds is 4. The monoisotopic (exact) mass is 354 g/mol. The second kappa shape index (κ2) is 7.83. The first-order valence-electron chi connectivity index (χ1n) is 7.84. The lowest BCUT2D eigenvalue weighted by Gasteiger charge is -2.33. The predicted octanol–water partition coefficient (Wildman–Crippen LogP) is 0.889. The number of hydrogen-bond acceptors (Lipinski definition) is 4. The number of methoxy groups -OCH3 is 1. The number of para-hydroxylation sites is 2. The number of aromatic amines is 1. The van der Waals surface area contributed by atoms with Crippen LogP contribution in [-0.2, 0) is 9.53 Å². The zero-order chi connectivity index (χ0) is 16.4. The zero-order valence-electron chi connectivity index (χ0n) is 13.6. The fraction of sp³-hybridized carbons (Fsp3) is 0.500. The third kappa shape index (κ3) is 3.48. The Morgan fingerprint density at radius 2 is 2.04 bits per heavy atom. The van der Waals surface area contributed by atoms with Crippen LogP contribution in [-0.4, -0.2) is 53.2 Å². The number of halogens is 1. The molecule has 0 spiro atoms. The molecule has 0 bridgehead atoms. The Morgan fingerprint density at radius 1 is 1.38 bits per heavy atom. The Morgan fingerprint density at radius 3 is 2.71 bits per heavy atom. The van der Waals surface area contributed by atoms with Crippen molar-refractivity contribution in [1.82, 2.24) is 14.5 Å². The molecule has 1 saturated heterocycles. The van der Waals surface area contributed by atoms with Crippen molar-refractivity contribution in [2.45, 2.75) is 24.9 Å². The van der Waals surface area contributed by atoms with Crippen LogP contribution in [0.15, 0.2) is 29.1 Å². The van der Waals surface area contributed by atoms with Gasteiger partial charge in [0.15, 0.2) is 0 Å². The molecular weight excluding hydrogens is 332 g/mol. The first-order valence-corrected chi connectivity index (χ1v) is 7.84. The summed E-state index contributed by atoms with van der Waals surface area (Å²) in [4.78, 5) is 29.1. The number of nitrogens with two attached hydrogens (primary N) is 1. The summed E-state index contributed by atoms with van der Waals surface area (Å²) in [7, 11) is 1.53. The molecule has 132 valence electrons. The van der Waals surface area contributed by atoms with Crippen molar-refractivity contribution >= 4 is 29.3 Å². The molecule has 0 aliphatic carbocycles. The summed E-state index contributed by atoms with van der Waals surface area (Å²) in [6.07, 6.45) is 1.49. The SMILES string of the molecule is COCC(N)C(=O)N1CCC(n2c(=O)[nH]c3ccccc32)CC1.Cl. The van der Waals surface area contributed by atoms with E-state index >= 15 is 0 Å². The van der Waals surface area contributed by atoms with Gasteiger partial charge in [-0.25, -0.2) is 4.79 Å². The van der Waals surface area contributed by atoms with Crippen LogP contribution in [0.2, 0.25) is 0 Å². The second-order valence-corrected chi connectivity index (χ2v) is 5.94. The van der Waals surface area contributed by atoms with Crippen molar-refractivity contribution in [3.05, 3.63) is 34.7 Å². The molecule has 24 heavy (non-hydrogen) atoms.